The lowest BCUT2D eigenvalue weighted by Gasteiger charge is -2.34. The van der Waals surface area contributed by atoms with Crippen LogP contribution in [0.3, 0.4) is 0 Å². The van der Waals surface area contributed by atoms with Gasteiger partial charge in [0.15, 0.2) is 11.7 Å². The zero-order chi connectivity index (χ0) is 23.9. The Bertz CT molecular complexity index is 1150. The fourth-order valence-electron chi connectivity index (χ4n) is 4.49. The van der Waals surface area contributed by atoms with Gasteiger partial charge in [-0.05, 0) is 49.8 Å². The Balaban J connectivity index is 1.58. The molecule has 0 saturated carbocycles. The van der Waals surface area contributed by atoms with Gasteiger partial charge in [-0.2, -0.15) is 5.26 Å². The highest BCUT2D eigenvalue weighted by molar-refractivity contribution is 5.85. The molecule has 4 rings (SSSR count). The molecular weight excluding hydrogens is 428 g/mol. The summed E-state index contributed by atoms with van der Waals surface area (Å²) < 4.78 is 10.5. The molecule has 0 amide bonds. The zero-order valence-corrected chi connectivity index (χ0v) is 19.7. The number of methoxy groups -OCH3 is 1. The van der Waals surface area contributed by atoms with Crippen molar-refractivity contribution in [1.82, 2.24) is 9.97 Å². The van der Waals surface area contributed by atoms with Gasteiger partial charge in [0.05, 0.1) is 23.7 Å². The van der Waals surface area contributed by atoms with Crippen molar-refractivity contribution in [2.45, 2.75) is 38.2 Å². The molecule has 0 radical (unpaired) electrons. The van der Waals surface area contributed by atoms with Gasteiger partial charge < -0.3 is 14.4 Å². The van der Waals surface area contributed by atoms with Crippen LogP contribution >= 0.6 is 0 Å². The third-order valence-electron chi connectivity index (χ3n) is 6.22. The predicted molar refractivity (Wildman–Crippen MR) is 130 cm³/mol. The van der Waals surface area contributed by atoms with Crippen LogP contribution in [0.15, 0.2) is 54.6 Å². The fourth-order valence-corrected chi connectivity index (χ4v) is 4.49. The summed E-state index contributed by atoms with van der Waals surface area (Å²) in [6.45, 7) is 3.59. The average molecular weight is 459 g/mol. The van der Waals surface area contributed by atoms with Crippen LogP contribution in [-0.4, -0.2) is 48.8 Å². The Labute approximate surface area is 200 Å². The van der Waals surface area contributed by atoms with E-state index in [1.807, 2.05) is 30.3 Å². The first-order valence-corrected chi connectivity index (χ1v) is 11.7. The number of piperidine rings is 1. The smallest absolute Gasteiger partial charge is 0.330 e. The van der Waals surface area contributed by atoms with E-state index in [2.05, 4.69) is 35.2 Å². The van der Waals surface area contributed by atoms with Gasteiger partial charge in [0, 0.05) is 20.2 Å². The minimum Gasteiger partial charge on any atom is -0.459 e. The molecule has 1 aliphatic rings. The van der Waals surface area contributed by atoms with Gasteiger partial charge in [-0.25, -0.2) is 9.97 Å². The van der Waals surface area contributed by atoms with Gasteiger partial charge in [0.1, 0.15) is 11.8 Å². The molecule has 7 nitrogen and oxygen atoms in total. The van der Waals surface area contributed by atoms with Crippen LogP contribution < -0.4 is 4.90 Å². The first-order chi connectivity index (χ1) is 16.6. The van der Waals surface area contributed by atoms with E-state index in [0.29, 0.717) is 22.9 Å². The molecule has 1 fully saturated rings. The summed E-state index contributed by atoms with van der Waals surface area (Å²) in [5.41, 5.74) is 3.10. The summed E-state index contributed by atoms with van der Waals surface area (Å²) >= 11 is 0. The van der Waals surface area contributed by atoms with E-state index in [1.54, 1.807) is 14.0 Å². The molecule has 0 spiro atoms. The summed E-state index contributed by atoms with van der Waals surface area (Å²) in [5, 5.41) is 9.93. The van der Waals surface area contributed by atoms with Crippen molar-refractivity contribution in [3.05, 3.63) is 65.9 Å². The van der Waals surface area contributed by atoms with Gasteiger partial charge in [0.25, 0.3) is 0 Å². The van der Waals surface area contributed by atoms with E-state index in [0.717, 1.165) is 37.9 Å². The van der Waals surface area contributed by atoms with Crippen molar-refractivity contribution in [3.8, 4) is 6.07 Å². The van der Waals surface area contributed by atoms with E-state index in [4.69, 9.17) is 19.4 Å². The molecule has 7 heteroatoms. The summed E-state index contributed by atoms with van der Waals surface area (Å²) in [7, 11) is 1.54. The monoisotopic (exact) mass is 458 g/mol. The number of anilines is 1. The first kappa shape index (κ1) is 23.7. The molecule has 0 bridgehead atoms. The van der Waals surface area contributed by atoms with Crippen molar-refractivity contribution in [3.63, 3.8) is 0 Å². The van der Waals surface area contributed by atoms with Gasteiger partial charge >= 0.3 is 5.97 Å². The summed E-state index contributed by atoms with van der Waals surface area (Å²) in [4.78, 5) is 24.6. The van der Waals surface area contributed by atoms with E-state index >= 15 is 0 Å². The van der Waals surface area contributed by atoms with Crippen LogP contribution in [0.4, 0.5) is 5.82 Å². The predicted octanol–water partition coefficient (Wildman–Crippen LogP) is 4.27. The number of hydrogen-bond acceptors (Lipinski definition) is 7. The van der Waals surface area contributed by atoms with Crippen LogP contribution in [0.25, 0.3) is 11.0 Å². The second-order valence-corrected chi connectivity index (χ2v) is 8.81. The molecule has 0 aliphatic carbocycles. The summed E-state index contributed by atoms with van der Waals surface area (Å²) in [5.74, 6) is -0.604. The largest absolute Gasteiger partial charge is 0.459 e. The number of nitriles is 1. The summed E-state index contributed by atoms with van der Waals surface area (Å²) in [6.07, 6.45) is 2.61. The maximum Gasteiger partial charge on any atom is 0.330 e. The van der Waals surface area contributed by atoms with Crippen LogP contribution in [-0.2, 0) is 20.7 Å². The van der Waals surface area contributed by atoms with Crippen LogP contribution in [0.5, 0.6) is 0 Å². The molecule has 1 saturated heterocycles. The molecule has 1 aromatic heterocycles. The zero-order valence-electron chi connectivity index (χ0n) is 19.7. The number of nitrogens with zero attached hydrogens (tertiary/aromatic N) is 4. The van der Waals surface area contributed by atoms with Crippen molar-refractivity contribution < 1.29 is 14.3 Å². The quantitative estimate of drug-likeness (QED) is 0.466. The second-order valence-electron chi connectivity index (χ2n) is 8.81. The fraction of sp³-hybridized carbons (Fsp3) is 0.407. The number of esters is 1. The molecule has 2 heterocycles. The third-order valence-corrected chi connectivity index (χ3v) is 6.22. The Hall–Kier alpha value is -3.50. The summed E-state index contributed by atoms with van der Waals surface area (Å²) in [6, 6.07) is 20.2. The number of fused-ring (bicyclic) bond motifs is 1. The van der Waals surface area contributed by atoms with E-state index in [1.165, 1.54) is 5.56 Å². The minimum atomic E-state index is -1.16. The van der Waals surface area contributed by atoms with Crippen molar-refractivity contribution in [2.24, 2.45) is 5.92 Å². The standard InChI is InChI=1S/C27H30N4O3/c1-19(18-33-2)34-27(32)22(17-28)25-26(30-24-11-7-6-10-23(24)29-25)31-14-12-21(13-15-31)16-20-8-4-3-5-9-20/h3-11,19,21-22H,12-16,18H2,1-2H3/t19-,22+/m1/s1. The molecule has 34 heavy (non-hydrogen) atoms. The first-order valence-electron chi connectivity index (χ1n) is 11.7. The number of ether oxygens (including phenoxy) is 2. The third kappa shape index (κ3) is 5.52. The molecule has 2 atom stereocenters. The molecule has 0 N–H and O–H groups in total. The number of para-hydroxylation sites is 2. The molecule has 0 unspecified atom stereocenters. The Kier molecular flexibility index (Phi) is 7.71. The number of carbonyl (C=O) groups excluding carboxylic acids is 1. The van der Waals surface area contributed by atoms with Gasteiger partial charge in [-0.3, -0.25) is 4.79 Å². The second kappa shape index (κ2) is 11.1. The Morgan fingerprint density at radius 1 is 1.09 bits per heavy atom. The van der Waals surface area contributed by atoms with E-state index in [9.17, 15) is 10.1 Å². The highest BCUT2D eigenvalue weighted by Gasteiger charge is 2.32. The molecule has 2 aromatic carbocycles. The maximum absolute atomic E-state index is 12.9. The van der Waals surface area contributed by atoms with E-state index < -0.39 is 18.0 Å². The Morgan fingerprint density at radius 2 is 1.74 bits per heavy atom. The van der Waals surface area contributed by atoms with Crippen molar-refractivity contribution in [2.75, 3.05) is 31.7 Å². The lowest BCUT2D eigenvalue weighted by atomic mass is 9.90. The number of benzene rings is 2. The highest BCUT2D eigenvalue weighted by atomic mass is 16.6. The molecule has 1 aliphatic heterocycles. The number of hydrogen-bond donors (Lipinski definition) is 0. The van der Waals surface area contributed by atoms with Crippen LogP contribution in [0, 0.1) is 17.2 Å². The molecule has 3 aromatic rings. The van der Waals surface area contributed by atoms with Gasteiger partial charge in [-0.1, -0.05) is 42.5 Å². The van der Waals surface area contributed by atoms with Crippen LogP contribution in [0.2, 0.25) is 0 Å². The SMILES string of the molecule is COC[C@@H](C)OC(=O)[C@@H](C#N)c1nc2ccccc2nc1N1CCC(Cc2ccccc2)CC1. The van der Waals surface area contributed by atoms with Crippen LogP contribution in [0.1, 0.15) is 36.9 Å². The van der Waals surface area contributed by atoms with E-state index in [-0.39, 0.29) is 6.61 Å². The minimum absolute atomic E-state index is 0.259. The lowest BCUT2D eigenvalue weighted by Crippen LogP contribution is -2.36. The number of aromatic nitrogens is 2. The van der Waals surface area contributed by atoms with Crippen molar-refractivity contribution >= 4 is 22.8 Å². The number of rotatable bonds is 8. The molecular formula is C27H30N4O3. The lowest BCUT2D eigenvalue weighted by molar-refractivity contribution is -0.150. The Morgan fingerprint density at radius 3 is 2.38 bits per heavy atom. The topological polar surface area (TPSA) is 88.3 Å². The van der Waals surface area contributed by atoms with Gasteiger partial charge in [-0.15, -0.1) is 0 Å². The van der Waals surface area contributed by atoms with Gasteiger partial charge in [0.2, 0.25) is 0 Å². The van der Waals surface area contributed by atoms with Crippen molar-refractivity contribution in [1.29, 1.82) is 5.26 Å². The normalized spacial score (nSPS) is 16.1. The number of carbonyl (C=O) groups is 1. The molecule has 176 valence electrons. The average Bonchev–Trinajstić information content (AvgIpc) is 2.85. The maximum atomic E-state index is 12.9. The highest BCUT2D eigenvalue weighted by Crippen LogP contribution is 2.32.